The minimum absolute atomic E-state index is 0.121. The van der Waals surface area contributed by atoms with Crippen LogP contribution in [0.4, 0.5) is 4.79 Å². The van der Waals surface area contributed by atoms with Crippen LogP contribution in [0.1, 0.15) is 45.6 Å². The molecule has 1 rings (SSSR count). The van der Waals surface area contributed by atoms with E-state index in [-0.39, 0.29) is 24.4 Å². The monoisotopic (exact) mass is 322 g/mol. The van der Waals surface area contributed by atoms with Crippen LogP contribution in [0.25, 0.3) is 0 Å². The number of hydrogen-bond acceptors (Lipinski definition) is 3. The molecule has 0 aromatic heterocycles. The first-order valence-electron chi connectivity index (χ1n) is 8.18. The van der Waals surface area contributed by atoms with E-state index in [0.717, 1.165) is 17.7 Å². The van der Waals surface area contributed by atoms with Crippen LogP contribution in [0.3, 0.4) is 0 Å². The number of carbonyl (C=O) groups excluding carboxylic acids is 1. The van der Waals surface area contributed by atoms with Crippen molar-refractivity contribution in [1.29, 1.82) is 0 Å². The molecule has 5 nitrogen and oxygen atoms in total. The Labute approximate surface area is 139 Å². The van der Waals surface area contributed by atoms with Crippen LogP contribution >= 0.6 is 0 Å². The summed E-state index contributed by atoms with van der Waals surface area (Å²) in [6.45, 7) is 8.51. The largest absolute Gasteiger partial charge is 0.496 e. The van der Waals surface area contributed by atoms with Gasteiger partial charge in [-0.2, -0.15) is 0 Å². The SMILES string of the molecule is CCC(C)C(C)(O)CNC(=O)NCC(C)c1ccccc1OC. The Morgan fingerprint density at radius 3 is 2.57 bits per heavy atom. The van der Waals surface area contributed by atoms with Crippen LogP contribution in [-0.4, -0.2) is 36.9 Å². The summed E-state index contributed by atoms with van der Waals surface area (Å²) < 4.78 is 5.34. The van der Waals surface area contributed by atoms with E-state index in [4.69, 9.17) is 4.74 Å². The highest BCUT2D eigenvalue weighted by Gasteiger charge is 2.27. The number of aliphatic hydroxyl groups is 1. The molecule has 3 N–H and O–H groups in total. The third-order valence-electron chi connectivity index (χ3n) is 4.52. The molecular formula is C18H30N2O3. The zero-order valence-corrected chi connectivity index (χ0v) is 14.8. The van der Waals surface area contributed by atoms with Crippen molar-refractivity contribution in [2.75, 3.05) is 20.2 Å². The summed E-state index contributed by atoms with van der Waals surface area (Å²) >= 11 is 0. The molecule has 130 valence electrons. The quantitative estimate of drug-likeness (QED) is 0.689. The molecule has 1 aromatic rings. The second-order valence-corrected chi connectivity index (χ2v) is 6.37. The van der Waals surface area contributed by atoms with Crippen molar-refractivity contribution in [2.24, 2.45) is 5.92 Å². The molecule has 0 aliphatic heterocycles. The van der Waals surface area contributed by atoms with Gasteiger partial charge in [0.05, 0.1) is 12.7 Å². The molecule has 3 atom stereocenters. The number of nitrogens with one attached hydrogen (secondary N) is 2. The number of para-hydroxylation sites is 1. The van der Waals surface area contributed by atoms with Gasteiger partial charge in [0.15, 0.2) is 0 Å². The van der Waals surface area contributed by atoms with E-state index in [1.807, 2.05) is 45.0 Å². The van der Waals surface area contributed by atoms with Crippen LogP contribution in [0.5, 0.6) is 5.75 Å². The second-order valence-electron chi connectivity index (χ2n) is 6.37. The van der Waals surface area contributed by atoms with Gasteiger partial charge in [-0.05, 0) is 24.5 Å². The van der Waals surface area contributed by atoms with Crippen molar-refractivity contribution in [3.05, 3.63) is 29.8 Å². The molecule has 2 amide bonds. The first-order valence-corrected chi connectivity index (χ1v) is 8.18. The molecule has 0 bridgehead atoms. The average Bonchev–Trinajstić information content (AvgIpc) is 2.56. The first kappa shape index (κ1) is 19.3. The predicted molar refractivity (Wildman–Crippen MR) is 92.9 cm³/mol. The summed E-state index contributed by atoms with van der Waals surface area (Å²) in [4.78, 5) is 11.9. The maximum atomic E-state index is 11.9. The summed E-state index contributed by atoms with van der Waals surface area (Å²) in [6.07, 6.45) is 0.862. The minimum atomic E-state index is -0.902. The Morgan fingerprint density at radius 2 is 1.96 bits per heavy atom. The van der Waals surface area contributed by atoms with E-state index in [0.29, 0.717) is 6.54 Å². The van der Waals surface area contributed by atoms with Crippen molar-refractivity contribution in [1.82, 2.24) is 10.6 Å². The number of methoxy groups -OCH3 is 1. The number of carbonyl (C=O) groups is 1. The van der Waals surface area contributed by atoms with Gasteiger partial charge in [0.1, 0.15) is 5.75 Å². The number of ether oxygens (including phenoxy) is 1. The first-order chi connectivity index (χ1) is 10.8. The van der Waals surface area contributed by atoms with Gasteiger partial charge < -0.3 is 20.5 Å². The third kappa shape index (κ3) is 5.75. The van der Waals surface area contributed by atoms with Crippen LogP contribution in [0.15, 0.2) is 24.3 Å². The van der Waals surface area contributed by atoms with Crippen LogP contribution in [0.2, 0.25) is 0 Å². The van der Waals surface area contributed by atoms with E-state index >= 15 is 0 Å². The third-order valence-corrected chi connectivity index (χ3v) is 4.52. The molecule has 3 unspecified atom stereocenters. The van der Waals surface area contributed by atoms with Crippen molar-refractivity contribution < 1.29 is 14.6 Å². The van der Waals surface area contributed by atoms with Crippen molar-refractivity contribution in [3.63, 3.8) is 0 Å². The number of hydrogen-bond donors (Lipinski definition) is 3. The molecule has 0 saturated heterocycles. The molecule has 0 heterocycles. The van der Waals surface area contributed by atoms with Gasteiger partial charge in [-0.15, -0.1) is 0 Å². The lowest BCUT2D eigenvalue weighted by molar-refractivity contribution is 0.00791. The molecule has 23 heavy (non-hydrogen) atoms. The van der Waals surface area contributed by atoms with Crippen molar-refractivity contribution in [2.45, 2.75) is 45.6 Å². The van der Waals surface area contributed by atoms with Crippen molar-refractivity contribution >= 4 is 6.03 Å². The maximum Gasteiger partial charge on any atom is 0.314 e. The van der Waals surface area contributed by atoms with E-state index in [1.165, 1.54) is 0 Å². The molecule has 0 fully saturated rings. The summed E-state index contributed by atoms with van der Waals surface area (Å²) in [6, 6.07) is 7.52. The van der Waals surface area contributed by atoms with Gasteiger partial charge in [-0.1, -0.05) is 45.4 Å². The fraction of sp³-hybridized carbons (Fsp3) is 0.611. The van der Waals surface area contributed by atoms with E-state index in [9.17, 15) is 9.90 Å². The molecular weight excluding hydrogens is 292 g/mol. The van der Waals surface area contributed by atoms with Crippen LogP contribution in [0, 0.1) is 5.92 Å². The van der Waals surface area contributed by atoms with Crippen molar-refractivity contribution in [3.8, 4) is 5.75 Å². The van der Waals surface area contributed by atoms with Gasteiger partial charge >= 0.3 is 6.03 Å². The maximum absolute atomic E-state index is 11.9. The van der Waals surface area contributed by atoms with E-state index < -0.39 is 5.60 Å². The van der Waals surface area contributed by atoms with Crippen LogP contribution in [-0.2, 0) is 0 Å². The van der Waals surface area contributed by atoms with Gasteiger partial charge in [0.25, 0.3) is 0 Å². The molecule has 0 saturated carbocycles. The van der Waals surface area contributed by atoms with Crippen LogP contribution < -0.4 is 15.4 Å². The standard InChI is InChI=1S/C18H30N2O3/c1-6-14(3)18(4,22)12-20-17(21)19-11-13(2)15-9-7-8-10-16(15)23-5/h7-10,13-14,22H,6,11-12H2,1-5H3,(H2,19,20,21). The average molecular weight is 322 g/mol. The molecule has 1 aromatic carbocycles. The lowest BCUT2D eigenvalue weighted by atomic mass is 9.89. The summed E-state index contributed by atoms with van der Waals surface area (Å²) in [7, 11) is 1.64. The number of rotatable bonds is 8. The lowest BCUT2D eigenvalue weighted by Crippen LogP contribution is -2.48. The molecule has 0 radical (unpaired) electrons. The summed E-state index contributed by atoms with van der Waals surface area (Å²) in [5.74, 6) is 1.07. The Kier molecular flexibility index (Phi) is 7.36. The Morgan fingerprint density at radius 1 is 1.30 bits per heavy atom. The second kappa shape index (κ2) is 8.77. The smallest absolute Gasteiger partial charge is 0.314 e. The van der Waals surface area contributed by atoms with Gasteiger partial charge in [0, 0.05) is 19.0 Å². The number of benzene rings is 1. The molecule has 5 heteroatoms. The van der Waals surface area contributed by atoms with Gasteiger partial charge in [0.2, 0.25) is 0 Å². The minimum Gasteiger partial charge on any atom is -0.496 e. The molecule has 0 spiro atoms. The molecule has 0 aliphatic rings. The van der Waals surface area contributed by atoms with Gasteiger partial charge in [-0.25, -0.2) is 4.79 Å². The van der Waals surface area contributed by atoms with E-state index in [1.54, 1.807) is 14.0 Å². The fourth-order valence-electron chi connectivity index (χ4n) is 2.36. The highest BCUT2D eigenvalue weighted by atomic mass is 16.5. The van der Waals surface area contributed by atoms with Gasteiger partial charge in [-0.3, -0.25) is 0 Å². The normalized spacial score (nSPS) is 16.1. The summed E-state index contributed by atoms with van der Waals surface area (Å²) in [5, 5.41) is 15.9. The summed E-state index contributed by atoms with van der Waals surface area (Å²) in [5.41, 5.74) is 0.155. The predicted octanol–water partition coefficient (Wildman–Crippen LogP) is 2.90. The zero-order chi connectivity index (χ0) is 17.5. The number of amides is 2. The fourth-order valence-corrected chi connectivity index (χ4v) is 2.36. The Balaban J connectivity index is 2.47. The lowest BCUT2D eigenvalue weighted by Gasteiger charge is -2.29. The highest BCUT2D eigenvalue weighted by Crippen LogP contribution is 2.25. The Hall–Kier alpha value is -1.75. The topological polar surface area (TPSA) is 70.6 Å². The highest BCUT2D eigenvalue weighted by molar-refractivity contribution is 5.74. The molecule has 0 aliphatic carbocycles. The Bertz CT molecular complexity index is 503. The number of urea groups is 1. The zero-order valence-electron chi connectivity index (χ0n) is 14.8. The van der Waals surface area contributed by atoms with E-state index in [2.05, 4.69) is 10.6 Å².